The summed E-state index contributed by atoms with van der Waals surface area (Å²) in [6.07, 6.45) is 0.0984. The molecule has 3 aromatic carbocycles. The number of Topliss-reactive ketones (excluding diaryl/α,β-unsaturated/α-hetero) is 2. The summed E-state index contributed by atoms with van der Waals surface area (Å²) in [5.74, 6) is 0.00703. The van der Waals surface area contributed by atoms with Crippen LogP contribution in [0.5, 0.6) is 0 Å². The molecular weight excluding hydrogens is 344 g/mol. The van der Waals surface area contributed by atoms with Gasteiger partial charge in [0.15, 0.2) is 11.6 Å². The van der Waals surface area contributed by atoms with Crippen LogP contribution in [0.1, 0.15) is 48.7 Å². The van der Waals surface area contributed by atoms with Crippen molar-refractivity contribution >= 4 is 11.6 Å². The molecule has 2 heteroatoms. The fourth-order valence-corrected chi connectivity index (χ4v) is 3.77. The number of carbonyl (C=O) groups excluding carboxylic acids is 2. The molecule has 0 fully saturated rings. The van der Waals surface area contributed by atoms with Gasteiger partial charge in [0.25, 0.3) is 0 Å². The highest BCUT2D eigenvalue weighted by Crippen LogP contribution is 2.42. The zero-order chi connectivity index (χ0) is 20.2. The Balaban J connectivity index is 2.24. The van der Waals surface area contributed by atoms with Gasteiger partial charge in [-0.05, 0) is 11.1 Å². The average Bonchev–Trinajstić information content (AvgIpc) is 2.72. The first-order chi connectivity index (χ1) is 13.4. The maximum absolute atomic E-state index is 13.9. The highest BCUT2D eigenvalue weighted by Gasteiger charge is 2.47. The van der Waals surface area contributed by atoms with Crippen LogP contribution in [0.3, 0.4) is 0 Å². The van der Waals surface area contributed by atoms with Crippen LogP contribution < -0.4 is 0 Å². The number of carbonyl (C=O) groups is 2. The molecule has 3 aromatic rings. The minimum atomic E-state index is -1.03. The SMILES string of the molecule is CC(C)(C)C(=O)C(CC(=O)c1ccccc1)(c1ccccc1)c1ccccc1. The van der Waals surface area contributed by atoms with E-state index in [1.807, 2.05) is 112 Å². The van der Waals surface area contributed by atoms with Gasteiger partial charge in [-0.1, -0.05) is 112 Å². The highest BCUT2D eigenvalue weighted by atomic mass is 16.1. The Labute approximate surface area is 167 Å². The number of rotatable bonds is 6. The van der Waals surface area contributed by atoms with E-state index in [0.717, 1.165) is 11.1 Å². The second-order valence-corrected chi connectivity index (χ2v) is 8.18. The van der Waals surface area contributed by atoms with E-state index >= 15 is 0 Å². The van der Waals surface area contributed by atoms with Crippen LogP contribution in [-0.4, -0.2) is 11.6 Å². The molecule has 0 unspecified atom stereocenters. The molecule has 142 valence electrons. The molecule has 3 rings (SSSR count). The Bertz CT molecular complexity index is 896. The van der Waals surface area contributed by atoms with Gasteiger partial charge in [0.05, 0.1) is 5.41 Å². The van der Waals surface area contributed by atoms with E-state index in [1.54, 1.807) is 0 Å². The molecule has 2 nitrogen and oxygen atoms in total. The second-order valence-electron chi connectivity index (χ2n) is 8.18. The van der Waals surface area contributed by atoms with Crippen LogP contribution in [0.4, 0.5) is 0 Å². The maximum atomic E-state index is 13.9. The summed E-state index contributed by atoms with van der Waals surface area (Å²) in [6.45, 7) is 5.76. The summed E-state index contributed by atoms with van der Waals surface area (Å²) < 4.78 is 0. The van der Waals surface area contributed by atoms with Gasteiger partial charge < -0.3 is 0 Å². The third-order valence-corrected chi connectivity index (χ3v) is 5.12. The molecule has 0 aliphatic rings. The molecule has 0 saturated carbocycles. The fourth-order valence-electron chi connectivity index (χ4n) is 3.77. The van der Waals surface area contributed by atoms with E-state index in [4.69, 9.17) is 0 Å². The topological polar surface area (TPSA) is 34.1 Å². The second kappa shape index (κ2) is 7.93. The predicted molar refractivity (Wildman–Crippen MR) is 114 cm³/mol. The largest absolute Gasteiger partial charge is 0.298 e. The molecule has 0 amide bonds. The molecule has 0 radical (unpaired) electrons. The van der Waals surface area contributed by atoms with Gasteiger partial charge in [0.1, 0.15) is 0 Å². The minimum Gasteiger partial charge on any atom is -0.298 e. The van der Waals surface area contributed by atoms with Crippen molar-refractivity contribution in [3.05, 3.63) is 108 Å². The van der Waals surface area contributed by atoms with Crippen molar-refractivity contribution in [3.63, 3.8) is 0 Å². The molecule has 0 saturated heterocycles. The monoisotopic (exact) mass is 370 g/mol. The Morgan fingerprint density at radius 1 is 0.643 bits per heavy atom. The van der Waals surface area contributed by atoms with E-state index in [0.29, 0.717) is 5.56 Å². The molecule has 0 aliphatic carbocycles. The van der Waals surface area contributed by atoms with Crippen LogP contribution in [0.15, 0.2) is 91.0 Å². The van der Waals surface area contributed by atoms with Gasteiger partial charge in [-0.3, -0.25) is 9.59 Å². The van der Waals surface area contributed by atoms with Crippen molar-refractivity contribution in [3.8, 4) is 0 Å². The van der Waals surface area contributed by atoms with E-state index in [1.165, 1.54) is 0 Å². The van der Waals surface area contributed by atoms with Gasteiger partial charge in [-0.2, -0.15) is 0 Å². The van der Waals surface area contributed by atoms with Crippen LogP contribution in [-0.2, 0) is 10.2 Å². The molecule has 0 N–H and O–H groups in total. The summed E-state index contributed by atoms with van der Waals surface area (Å²) in [4.78, 5) is 27.2. The normalized spacial score (nSPS) is 11.8. The fraction of sp³-hybridized carbons (Fsp3) is 0.231. The van der Waals surface area contributed by atoms with Gasteiger partial charge in [0, 0.05) is 17.4 Å². The molecule has 28 heavy (non-hydrogen) atoms. The van der Waals surface area contributed by atoms with Crippen molar-refractivity contribution < 1.29 is 9.59 Å². The number of benzene rings is 3. The third kappa shape index (κ3) is 3.82. The molecule has 0 spiro atoms. The summed E-state index contributed by atoms with van der Waals surface area (Å²) in [5, 5.41) is 0. The van der Waals surface area contributed by atoms with Crippen LogP contribution in [0, 0.1) is 5.41 Å². The standard InChI is InChI=1S/C26H26O2/c1-25(2,3)24(28)26(21-15-9-5-10-16-21,22-17-11-6-12-18-22)19-23(27)20-13-7-4-8-14-20/h4-18H,19H2,1-3H3. The summed E-state index contributed by atoms with van der Waals surface area (Å²) in [6, 6.07) is 28.6. The summed E-state index contributed by atoms with van der Waals surface area (Å²) >= 11 is 0. The van der Waals surface area contributed by atoms with Gasteiger partial charge in [0.2, 0.25) is 0 Å². The number of hydrogen-bond acceptors (Lipinski definition) is 2. The first-order valence-corrected chi connectivity index (χ1v) is 9.60. The van der Waals surface area contributed by atoms with Gasteiger partial charge in [-0.25, -0.2) is 0 Å². The van der Waals surface area contributed by atoms with Crippen molar-refractivity contribution in [2.45, 2.75) is 32.6 Å². The third-order valence-electron chi connectivity index (χ3n) is 5.12. The number of hydrogen-bond donors (Lipinski definition) is 0. The molecule has 0 heterocycles. The van der Waals surface area contributed by atoms with E-state index in [-0.39, 0.29) is 18.0 Å². The summed E-state index contributed by atoms with van der Waals surface area (Å²) in [7, 11) is 0. The Morgan fingerprint density at radius 3 is 1.43 bits per heavy atom. The van der Waals surface area contributed by atoms with Crippen molar-refractivity contribution in [1.82, 2.24) is 0 Å². The first-order valence-electron chi connectivity index (χ1n) is 9.60. The predicted octanol–water partition coefficient (Wildman–Crippen LogP) is 5.86. The Hall–Kier alpha value is -3.00. The quantitative estimate of drug-likeness (QED) is 0.509. The highest BCUT2D eigenvalue weighted by molar-refractivity contribution is 6.05. The van der Waals surface area contributed by atoms with Crippen molar-refractivity contribution in [2.75, 3.05) is 0 Å². The lowest BCUT2D eigenvalue weighted by Crippen LogP contribution is -2.45. The minimum absolute atomic E-state index is 0.0362. The molecule has 0 bridgehead atoms. The van der Waals surface area contributed by atoms with Crippen molar-refractivity contribution in [1.29, 1.82) is 0 Å². The first kappa shape index (κ1) is 19.8. The lowest BCUT2D eigenvalue weighted by molar-refractivity contribution is -0.130. The number of ketones is 2. The van der Waals surface area contributed by atoms with Crippen LogP contribution in [0.2, 0.25) is 0 Å². The van der Waals surface area contributed by atoms with Crippen LogP contribution in [0.25, 0.3) is 0 Å². The lowest BCUT2D eigenvalue weighted by atomic mass is 9.62. The van der Waals surface area contributed by atoms with Crippen molar-refractivity contribution in [2.24, 2.45) is 5.41 Å². The maximum Gasteiger partial charge on any atom is 0.164 e. The van der Waals surface area contributed by atoms with E-state index < -0.39 is 10.8 Å². The van der Waals surface area contributed by atoms with Crippen LogP contribution >= 0.6 is 0 Å². The molecule has 0 aromatic heterocycles. The van der Waals surface area contributed by atoms with E-state index in [2.05, 4.69) is 0 Å². The Kier molecular flexibility index (Phi) is 5.60. The smallest absolute Gasteiger partial charge is 0.164 e. The zero-order valence-corrected chi connectivity index (χ0v) is 16.7. The average molecular weight is 370 g/mol. The molecule has 0 aliphatic heterocycles. The molecule has 0 atom stereocenters. The van der Waals surface area contributed by atoms with Gasteiger partial charge in [-0.15, -0.1) is 0 Å². The lowest BCUT2D eigenvalue weighted by Gasteiger charge is -2.38. The van der Waals surface area contributed by atoms with Gasteiger partial charge >= 0.3 is 0 Å². The zero-order valence-electron chi connectivity index (χ0n) is 16.7. The Morgan fingerprint density at radius 2 is 1.04 bits per heavy atom. The van der Waals surface area contributed by atoms with E-state index in [9.17, 15) is 9.59 Å². The molecular formula is C26H26O2. The summed E-state index contributed by atoms with van der Waals surface area (Å²) in [5.41, 5.74) is 0.687.